The number of halogens is 2. The van der Waals surface area contributed by atoms with Crippen molar-refractivity contribution in [2.75, 3.05) is 0 Å². The predicted octanol–water partition coefficient (Wildman–Crippen LogP) is 5.25. The highest BCUT2D eigenvalue weighted by atomic mass is 79.9. The fourth-order valence-corrected chi connectivity index (χ4v) is 2.62. The summed E-state index contributed by atoms with van der Waals surface area (Å²) in [6.45, 7) is 6.44. The lowest BCUT2D eigenvalue weighted by Gasteiger charge is -2.21. The van der Waals surface area contributed by atoms with E-state index in [-0.39, 0.29) is 5.41 Å². The van der Waals surface area contributed by atoms with Gasteiger partial charge in [0.15, 0.2) is 4.77 Å². The smallest absolute Gasteiger partial charge is 0.182 e. The van der Waals surface area contributed by atoms with Crippen LogP contribution in [-0.4, -0.2) is 9.55 Å². The van der Waals surface area contributed by atoms with Gasteiger partial charge >= 0.3 is 0 Å². The van der Waals surface area contributed by atoms with E-state index in [1.807, 2.05) is 29.0 Å². The molecule has 2 aromatic rings. The van der Waals surface area contributed by atoms with Crippen molar-refractivity contribution < 1.29 is 0 Å². The summed E-state index contributed by atoms with van der Waals surface area (Å²) in [5.41, 5.74) is 1.98. The molecule has 1 N–H and O–H groups in total. The Bertz CT molecular complexity index is 637. The molecule has 1 aromatic carbocycles. The third-order valence-corrected chi connectivity index (χ3v) is 3.81. The van der Waals surface area contributed by atoms with Crippen molar-refractivity contribution in [3.63, 3.8) is 0 Å². The van der Waals surface area contributed by atoms with Gasteiger partial charge < -0.3 is 4.98 Å². The number of H-pyrrole nitrogens is 1. The lowest BCUT2D eigenvalue weighted by atomic mass is 9.92. The molecule has 18 heavy (non-hydrogen) atoms. The second kappa shape index (κ2) is 4.83. The number of hydrogen-bond donors (Lipinski definition) is 1. The van der Waals surface area contributed by atoms with Gasteiger partial charge in [-0.1, -0.05) is 48.3 Å². The summed E-state index contributed by atoms with van der Waals surface area (Å²) >= 11 is 15.1. The Kier molecular flexibility index (Phi) is 3.72. The van der Waals surface area contributed by atoms with Crippen molar-refractivity contribution >= 4 is 39.7 Å². The summed E-state index contributed by atoms with van der Waals surface area (Å²) in [4.78, 5) is 3.09. The topological polar surface area (TPSA) is 20.7 Å². The molecule has 0 aliphatic carbocycles. The molecule has 0 radical (unpaired) electrons. The van der Waals surface area contributed by atoms with Crippen LogP contribution in [0, 0.1) is 4.77 Å². The number of rotatable bonds is 1. The van der Waals surface area contributed by atoms with Gasteiger partial charge in [0.25, 0.3) is 0 Å². The molecule has 96 valence electrons. The lowest BCUT2D eigenvalue weighted by Crippen LogP contribution is -2.17. The summed E-state index contributed by atoms with van der Waals surface area (Å²) in [5.74, 6) is 0. The molecule has 0 atom stereocenters. The van der Waals surface area contributed by atoms with Crippen LogP contribution in [0.1, 0.15) is 26.5 Å². The number of hydrogen-bond acceptors (Lipinski definition) is 1. The minimum absolute atomic E-state index is 0.0147. The van der Waals surface area contributed by atoms with Crippen molar-refractivity contribution in [2.45, 2.75) is 26.2 Å². The highest BCUT2D eigenvalue weighted by Crippen LogP contribution is 2.30. The molecule has 1 aromatic heterocycles. The van der Waals surface area contributed by atoms with Gasteiger partial charge in [-0.15, -0.1) is 0 Å². The largest absolute Gasteiger partial charge is 0.337 e. The van der Waals surface area contributed by atoms with Crippen LogP contribution in [0.25, 0.3) is 5.69 Å². The summed E-state index contributed by atoms with van der Waals surface area (Å²) < 4.78 is 3.62. The van der Waals surface area contributed by atoms with Crippen LogP contribution in [0.3, 0.4) is 0 Å². The highest BCUT2D eigenvalue weighted by Gasteiger charge is 2.21. The Morgan fingerprint density at radius 1 is 1.33 bits per heavy atom. The van der Waals surface area contributed by atoms with E-state index in [4.69, 9.17) is 23.8 Å². The predicted molar refractivity (Wildman–Crippen MR) is 82.4 cm³/mol. The Labute approximate surface area is 125 Å². The third kappa shape index (κ3) is 2.56. The fraction of sp³-hybridized carbons (Fsp3) is 0.308. The van der Waals surface area contributed by atoms with Gasteiger partial charge in [0.1, 0.15) is 0 Å². The molecule has 2 nitrogen and oxygen atoms in total. The molecule has 0 saturated heterocycles. The Morgan fingerprint density at radius 3 is 2.61 bits per heavy atom. The average Bonchev–Trinajstić information content (AvgIpc) is 2.63. The summed E-state index contributed by atoms with van der Waals surface area (Å²) in [7, 11) is 0. The van der Waals surface area contributed by atoms with Crippen LogP contribution in [0.4, 0.5) is 0 Å². The fourth-order valence-electron chi connectivity index (χ4n) is 1.82. The van der Waals surface area contributed by atoms with Gasteiger partial charge in [-0.05, 0) is 30.4 Å². The molecule has 0 amide bonds. The van der Waals surface area contributed by atoms with E-state index in [2.05, 4.69) is 41.7 Å². The standard InChI is InChI=1S/C13H14BrClN2S/c1-13(2,3)11-7-16-12(18)17(11)10-6-8(14)4-5-9(10)15/h4-7H,1-3H3,(H,16,18). The highest BCUT2D eigenvalue weighted by molar-refractivity contribution is 9.10. The van der Waals surface area contributed by atoms with E-state index in [0.717, 1.165) is 15.9 Å². The maximum atomic E-state index is 6.28. The first kappa shape index (κ1) is 13.8. The van der Waals surface area contributed by atoms with E-state index in [1.165, 1.54) is 0 Å². The SMILES string of the molecule is CC(C)(C)c1c[nH]c(=S)n1-c1cc(Br)ccc1Cl. The van der Waals surface area contributed by atoms with Gasteiger partial charge in [0.05, 0.1) is 10.7 Å². The van der Waals surface area contributed by atoms with E-state index < -0.39 is 0 Å². The summed E-state index contributed by atoms with van der Waals surface area (Å²) in [5, 5.41) is 0.680. The maximum absolute atomic E-state index is 6.28. The van der Waals surface area contributed by atoms with Gasteiger partial charge in [-0.2, -0.15) is 0 Å². The van der Waals surface area contributed by atoms with Crippen LogP contribution in [-0.2, 0) is 5.41 Å². The van der Waals surface area contributed by atoms with Crippen LogP contribution in [0.2, 0.25) is 5.02 Å². The van der Waals surface area contributed by atoms with E-state index in [1.54, 1.807) is 0 Å². The molecule has 0 aliphatic heterocycles. The molecule has 5 heteroatoms. The van der Waals surface area contributed by atoms with Crippen LogP contribution in [0.15, 0.2) is 28.9 Å². The van der Waals surface area contributed by atoms with Gasteiger partial charge in [0.2, 0.25) is 0 Å². The molecule has 0 bridgehead atoms. The van der Waals surface area contributed by atoms with Crippen molar-refractivity contribution in [2.24, 2.45) is 0 Å². The molecule has 0 spiro atoms. The zero-order valence-electron chi connectivity index (χ0n) is 10.4. The van der Waals surface area contributed by atoms with E-state index in [0.29, 0.717) is 9.79 Å². The van der Waals surface area contributed by atoms with E-state index >= 15 is 0 Å². The average molecular weight is 346 g/mol. The number of imidazole rings is 1. The Morgan fingerprint density at radius 2 is 2.00 bits per heavy atom. The van der Waals surface area contributed by atoms with Gasteiger partial charge in [-0.3, -0.25) is 4.57 Å². The zero-order valence-corrected chi connectivity index (χ0v) is 13.6. The van der Waals surface area contributed by atoms with Crippen molar-refractivity contribution in [1.29, 1.82) is 0 Å². The van der Waals surface area contributed by atoms with Gasteiger partial charge in [-0.25, -0.2) is 0 Å². The molecular formula is C13H14BrClN2S. The van der Waals surface area contributed by atoms with Gasteiger partial charge in [0, 0.05) is 21.8 Å². The normalized spacial score (nSPS) is 11.8. The molecule has 1 heterocycles. The van der Waals surface area contributed by atoms with Crippen LogP contribution >= 0.6 is 39.7 Å². The summed E-state index contributed by atoms with van der Waals surface area (Å²) in [6, 6.07) is 5.75. The number of nitrogens with zero attached hydrogens (tertiary/aromatic N) is 1. The number of aromatic nitrogens is 2. The Hall–Kier alpha value is -0.580. The molecule has 2 rings (SSSR count). The first-order chi connectivity index (χ1) is 8.30. The minimum atomic E-state index is -0.0147. The molecule has 0 aliphatic rings. The molecule has 0 saturated carbocycles. The third-order valence-electron chi connectivity index (χ3n) is 2.69. The minimum Gasteiger partial charge on any atom is -0.337 e. The summed E-state index contributed by atoms with van der Waals surface area (Å²) in [6.07, 6.45) is 1.94. The van der Waals surface area contributed by atoms with E-state index in [9.17, 15) is 0 Å². The first-order valence-corrected chi connectivity index (χ1v) is 7.15. The maximum Gasteiger partial charge on any atom is 0.182 e. The van der Waals surface area contributed by atoms with Crippen LogP contribution < -0.4 is 0 Å². The van der Waals surface area contributed by atoms with Crippen molar-refractivity contribution in [3.05, 3.63) is 44.4 Å². The zero-order chi connectivity index (χ0) is 13.5. The quantitative estimate of drug-likeness (QED) is 0.700. The molecular weight excluding hydrogens is 332 g/mol. The molecule has 0 fully saturated rings. The lowest BCUT2D eigenvalue weighted by molar-refractivity contribution is 0.556. The first-order valence-electron chi connectivity index (χ1n) is 5.57. The number of nitrogens with one attached hydrogen (secondary N) is 1. The van der Waals surface area contributed by atoms with Crippen LogP contribution in [0.5, 0.6) is 0 Å². The Balaban J connectivity index is 2.75. The number of benzene rings is 1. The monoisotopic (exact) mass is 344 g/mol. The second-order valence-electron chi connectivity index (χ2n) is 5.16. The van der Waals surface area contributed by atoms with Crippen molar-refractivity contribution in [3.8, 4) is 5.69 Å². The van der Waals surface area contributed by atoms with Crippen molar-refractivity contribution in [1.82, 2.24) is 9.55 Å². The second-order valence-corrected chi connectivity index (χ2v) is 6.87. The molecule has 0 unspecified atom stereocenters. The number of aromatic amines is 1.